The van der Waals surface area contributed by atoms with Crippen LogP contribution in [0.2, 0.25) is 0 Å². The van der Waals surface area contributed by atoms with Crippen LogP contribution < -0.4 is 9.47 Å². The van der Waals surface area contributed by atoms with Crippen LogP contribution in [0.15, 0.2) is 78.6 Å². The lowest BCUT2D eigenvalue weighted by Gasteiger charge is -2.25. The molecule has 1 atom stereocenters. The number of benzene rings is 2. The van der Waals surface area contributed by atoms with E-state index in [-0.39, 0.29) is 17.9 Å². The number of likely N-dealkylation sites (tertiary alicyclic amines) is 1. The number of ketones is 1. The highest BCUT2D eigenvalue weighted by Gasteiger charge is 2.46. The fraction of sp³-hybridized carbons (Fsp3) is 0.160. The smallest absolute Gasteiger partial charge is 0.295 e. The highest BCUT2D eigenvalue weighted by molar-refractivity contribution is 6.46. The predicted octanol–water partition coefficient (Wildman–Crippen LogP) is 3.72. The summed E-state index contributed by atoms with van der Waals surface area (Å²) in [5.41, 5.74) is 1.92. The minimum absolute atomic E-state index is 0.0363. The molecule has 3 aromatic rings. The first-order valence-corrected chi connectivity index (χ1v) is 9.99. The van der Waals surface area contributed by atoms with Crippen LogP contribution in [0.25, 0.3) is 5.76 Å². The first-order valence-electron chi connectivity index (χ1n) is 9.99. The van der Waals surface area contributed by atoms with Gasteiger partial charge in [0.15, 0.2) is 0 Å². The van der Waals surface area contributed by atoms with Gasteiger partial charge in [0.2, 0.25) is 0 Å². The van der Waals surface area contributed by atoms with E-state index < -0.39 is 17.7 Å². The van der Waals surface area contributed by atoms with Crippen LogP contribution in [0, 0.1) is 0 Å². The summed E-state index contributed by atoms with van der Waals surface area (Å²) in [5.74, 6) is -0.383. The monoisotopic (exact) mass is 430 g/mol. The van der Waals surface area contributed by atoms with Crippen molar-refractivity contribution in [2.45, 2.75) is 12.6 Å². The van der Waals surface area contributed by atoms with Crippen molar-refractivity contribution in [3.05, 3.63) is 95.3 Å². The van der Waals surface area contributed by atoms with E-state index >= 15 is 0 Å². The number of carbonyl (C=O) groups excluding carboxylic acids is 2. The van der Waals surface area contributed by atoms with Gasteiger partial charge in [0, 0.05) is 24.5 Å². The van der Waals surface area contributed by atoms with E-state index in [0.29, 0.717) is 22.6 Å². The number of aliphatic hydroxyl groups excluding tert-OH is 1. The Morgan fingerprint density at radius 3 is 2.16 bits per heavy atom. The molecule has 1 aromatic heterocycles. The fourth-order valence-corrected chi connectivity index (χ4v) is 3.77. The average Bonchev–Trinajstić information content (AvgIpc) is 3.09. The molecule has 1 saturated heterocycles. The summed E-state index contributed by atoms with van der Waals surface area (Å²) >= 11 is 0. The van der Waals surface area contributed by atoms with Crippen molar-refractivity contribution in [3.8, 4) is 11.5 Å². The van der Waals surface area contributed by atoms with Gasteiger partial charge in [-0.3, -0.25) is 14.6 Å². The molecule has 0 saturated carbocycles. The van der Waals surface area contributed by atoms with Crippen LogP contribution in [0.1, 0.15) is 22.7 Å². The Balaban J connectivity index is 1.83. The van der Waals surface area contributed by atoms with E-state index in [9.17, 15) is 14.7 Å². The molecule has 1 unspecified atom stereocenters. The summed E-state index contributed by atoms with van der Waals surface area (Å²) in [4.78, 5) is 31.7. The van der Waals surface area contributed by atoms with E-state index in [0.717, 1.165) is 5.56 Å². The van der Waals surface area contributed by atoms with E-state index in [4.69, 9.17) is 9.47 Å². The van der Waals surface area contributed by atoms with Gasteiger partial charge in [0.25, 0.3) is 11.7 Å². The average molecular weight is 430 g/mol. The van der Waals surface area contributed by atoms with Crippen LogP contribution in [-0.2, 0) is 16.1 Å². The van der Waals surface area contributed by atoms with Gasteiger partial charge in [0.05, 0.1) is 25.8 Å². The molecule has 0 aliphatic carbocycles. The van der Waals surface area contributed by atoms with Gasteiger partial charge in [-0.05, 0) is 53.6 Å². The minimum atomic E-state index is -0.761. The Bertz CT molecular complexity index is 1160. The quantitative estimate of drug-likeness (QED) is 0.364. The maximum Gasteiger partial charge on any atom is 0.295 e. The van der Waals surface area contributed by atoms with Crippen molar-refractivity contribution in [3.63, 3.8) is 0 Å². The molecule has 162 valence electrons. The number of pyridine rings is 1. The summed E-state index contributed by atoms with van der Waals surface area (Å²) in [6.45, 7) is 0.175. The first kappa shape index (κ1) is 21.1. The van der Waals surface area contributed by atoms with Crippen LogP contribution in [0.3, 0.4) is 0 Å². The lowest BCUT2D eigenvalue weighted by atomic mass is 9.95. The highest BCUT2D eigenvalue weighted by Crippen LogP contribution is 2.40. The van der Waals surface area contributed by atoms with Gasteiger partial charge in [-0.1, -0.05) is 18.2 Å². The second-order valence-corrected chi connectivity index (χ2v) is 7.29. The molecule has 2 heterocycles. The number of aliphatic hydroxyl groups is 1. The molecule has 32 heavy (non-hydrogen) atoms. The number of hydrogen-bond acceptors (Lipinski definition) is 6. The fourth-order valence-electron chi connectivity index (χ4n) is 3.77. The molecule has 1 aliphatic rings. The number of rotatable bonds is 6. The van der Waals surface area contributed by atoms with Crippen molar-refractivity contribution in [1.82, 2.24) is 9.88 Å². The van der Waals surface area contributed by atoms with E-state index in [1.807, 2.05) is 6.07 Å². The van der Waals surface area contributed by atoms with Gasteiger partial charge < -0.3 is 19.5 Å². The predicted molar refractivity (Wildman–Crippen MR) is 118 cm³/mol. The minimum Gasteiger partial charge on any atom is -0.507 e. The lowest BCUT2D eigenvalue weighted by Crippen LogP contribution is -2.29. The summed E-state index contributed by atoms with van der Waals surface area (Å²) < 4.78 is 10.4. The van der Waals surface area contributed by atoms with Crippen LogP contribution >= 0.6 is 0 Å². The molecule has 7 nitrogen and oxygen atoms in total. The molecule has 1 N–H and O–H groups in total. The number of carbonyl (C=O) groups is 2. The van der Waals surface area contributed by atoms with Gasteiger partial charge in [-0.15, -0.1) is 0 Å². The maximum atomic E-state index is 13.1. The van der Waals surface area contributed by atoms with Crippen molar-refractivity contribution in [1.29, 1.82) is 0 Å². The van der Waals surface area contributed by atoms with Crippen LogP contribution in [0.5, 0.6) is 11.5 Å². The molecular formula is C25H22N2O5. The molecule has 0 bridgehead atoms. The number of hydrogen-bond donors (Lipinski definition) is 1. The Morgan fingerprint density at radius 1 is 0.969 bits per heavy atom. The topological polar surface area (TPSA) is 89.0 Å². The van der Waals surface area contributed by atoms with Crippen LogP contribution in [-0.4, -0.2) is 40.9 Å². The molecule has 7 heteroatoms. The number of nitrogens with zero attached hydrogens (tertiary/aromatic N) is 2. The SMILES string of the molecule is COc1ccc(/C(O)=C2\C(=O)C(=O)N(Cc3cccnc3)C2c2ccc(OC)cc2)cc1. The summed E-state index contributed by atoms with van der Waals surface area (Å²) in [5, 5.41) is 11.1. The summed E-state index contributed by atoms with van der Waals surface area (Å²) in [6, 6.07) is 16.6. The zero-order valence-electron chi connectivity index (χ0n) is 17.7. The maximum absolute atomic E-state index is 13.1. The Kier molecular flexibility index (Phi) is 5.89. The van der Waals surface area contributed by atoms with Crippen molar-refractivity contribution in [2.75, 3.05) is 14.2 Å². The molecule has 0 radical (unpaired) electrons. The zero-order chi connectivity index (χ0) is 22.7. The molecule has 2 aromatic carbocycles. The molecule has 0 spiro atoms. The van der Waals surface area contributed by atoms with Crippen molar-refractivity contribution < 1.29 is 24.2 Å². The summed E-state index contributed by atoms with van der Waals surface area (Å²) in [7, 11) is 3.11. The lowest BCUT2D eigenvalue weighted by molar-refractivity contribution is -0.140. The van der Waals surface area contributed by atoms with Crippen molar-refractivity contribution in [2.24, 2.45) is 0 Å². The molecule has 4 rings (SSSR count). The zero-order valence-corrected chi connectivity index (χ0v) is 17.7. The normalized spacial score (nSPS) is 17.4. The number of amides is 1. The van der Waals surface area contributed by atoms with Gasteiger partial charge in [-0.25, -0.2) is 0 Å². The summed E-state index contributed by atoms with van der Waals surface area (Å²) in [6.07, 6.45) is 3.29. The van der Waals surface area contributed by atoms with Gasteiger partial charge >= 0.3 is 0 Å². The Morgan fingerprint density at radius 2 is 1.59 bits per heavy atom. The number of ether oxygens (including phenoxy) is 2. The third-order valence-corrected chi connectivity index (χ3v) is 5.41. The molecule has 1 fully saturated rings. The Labute approximate surface area is 185 Å². The largest absolute Gasteiger partial charge is 0.507 e. The molecular weight excluding hydrogens is 408 g/mol. The Hall–Kier alpha value is -4.13. The first-order chi connectivity index (χ1) is 15.5. The number of Topliss-reactive ketones (excluding diaryl/α,β-unsaturated/α-hetero) is 1. The standard InChI is InChI=1S/C25H22N2O5/c1-31-19-9-5-17(6-10-19)22-21(23(28)18-7-11-20(32-2)12-8-18)24(29)25(30)27(22)15-16-4-3-13-26-14-16/h3-14,22,28H,15H2,1-2H3/b23-21+. The number of methoxy groups -OCH3 is 2. The van der Waals surface area contributed by atoms with Crippen molar-refractivity contribution >= 4 is 17.4 Å². The second kappa shape index (κ2) is 8.93. The van der Waals surface area contributed by atoms with E-state index in [1.165, 1.54) is 4.90 Å². The van der Waals surface area contributed by atoms with Crippen LogP contribution in [0.4, 0.5) is 0 Å². The highest BCUT2D eigenvalue weighted by atomic mass is 16.5. The molecule has 1 amide bonds. The van der Waals surface area contributed by atoms with E-state index in [2.05, 4.69) is 4.98 Å². The van der Waals surface area contributed by atoms with Gasteiger partial charge in [-0.2, -0.15) is 0 Å². The van der Waals surface area contributed by atoms with Gasteiger partial charge in [0.1, 0.15) is 17.3 Å². The van der Waals surface area contributed by atoms with E-state index in [1.54, 1.807) is 81.2 Å². The second-order valence-electron chi connectivity index (χ2n) is 7.29. The number of aromatic nitrogens is 1. The third kappa shape index (κ3) is 3.92. The third-order valence-electron chi connectivity index (χ3n) is 5.41. The molecule has 1 aliphatic heterocycles.